The second-order valence-electron chi connectivity index (χ2n) is 8.32. The van der Waals surface area contributed by atoms with Gasteiger partial charge in [-0.25, -0.2) is 14.1 Å². The number of likely N-dealkylation sites (tertiary alicyclic amines) is 1. The van der Waals surface area contributed by atoms with Crippen molar-refractivity contribution < 1.29 is 19.4 Å². The van der Waals surface area contributed by atoms with Gasteiger partial charge in [0.05, 0.1) is 18.3 Å². The van der Waals surface area contributed by atoms with Gasteiger partial charge in [-0.1, -0.05) is 20.8 Å². The minimum atomic E-state index is -0.858. The van der Waals surface area contributed by atoms with E-state index in [0.717, 1.165) is 23.9 Å². The van der Waals surface area contributed by atoms with Gasteiger partial charge >= 0.3 is 12.1 Å². The molecule has 7 heteroatoms. The number of hydrogen-bond donors (Lipinski definition) is 1. The molecule has 2 unspecified atom stereocenters. The van der Waals surface area contributed by atoms with Crippen LogP contribution in [0.3, 0.4) is 0 Å². The normalized spacial score (nSPS) is 20.7. The number of aryl methyl sites for hydroxylation is 1. The van der Waals surface area contributed by atoms with Gasteiger partial charge in [-0.15, -0.1) is 0 Å². The van der Waals surface area contributed by atoms with Crippen LogP contribution in [-0.2, 0) is 4.74 Å². The second kappa shape index (κ2) is 6.87. The second-order valence-corrected chi connectivity index (χ2v) is 8.32. The number of rotatable bonds is 2. The van der Waals surface area contributed by atoms with Gasteiger partial charge in [-0.2, -0.15) is 5.10 Å². The quantitative estimate of drug-likeness (QED) is 0.812. The van der Waals surface area contributed by atoms with Gasteiger partial charge in [-0.3, -0.25) is 0 Å². The molecular formula is C20H27N3O4. The maximum Gasteiger partial charge on any atom is 0.407 e. The molecule has 0 aliphatic carbocycles. The number of nitrogens with zero attached hydrogens (tertiary/aromatic N) is 3. The molecule has 7 nitrogen and oxygen atoms in total. The molecule has 1 saturated heterocycles. The van der Waals surface area contributed by atoms with E-state index < -0.39 is 12.1 Å². The third-order valence-electron chi connectivity index (χ3n) is 5.54. The summed E-state index contributed by atoms with van der Waals surface area (Å²) < 4.78 is 6.60. The molecule has 0 aromatic carbocycles. The third-order valence-corrected chi connectivity index (χ3v) is 5.54. The van der Waals surface area contributed by atoms with E-state index in [-0.39, 0.29) is 17.4 Å². The highest BCUT2D eigenvalue weighted by Gasteiger charge is 2.39. The van der Waals surface area contributed by atoms with Crippen molar-refractivity contribution in [1.82, 2.24) is 14.5 Å². The van der Waals surface area contributed by atoms with Crippen LogP contribution in [0.15, 0.2) is 18.3 Å². The van der Waals surface area contributed by atoms with Crippen molar-refractivity contribution in [2.24, 2.45) is 5.41 Å². The summed E-state index contributed by atoms with van der Waals surface area (Å²) in [6.07, 6.45) is 2.52. The Bertz CT molecular complexity index is 881. The highest BCUT2D eigenvalue weighted by Crippen LogP contribution is 2.39. The van der Waals surface area contributed by atoms with E-state index in [4.69, 9.17) is 4.74 Å². The van der Waals surface area contributed by atoms with E-state index in [1.165, 1.54) is 7.11 Å². The van der Waals surface area contributed by atoms with Crippen LogP contribution < -0.4 is 0 Å². The molecule has 27 heavy (non-hydrogen) atoms. The van der Waals surface area contributed by atoms with E-state index in [9.17, 15) is 14.7 Å². The zero-order valence-electron chi connectivity index (χ0n) is 16.5. The predicted octanol–water partition coefficient (Wildman–Crippen LogP) is 3.70. The van der Waals surface area contributed by atoms with Crippen LogP contribution in [-0.4, -0.2) is 51.4 Å². The summed E-state index contributed by atoms with van der Waals surface area (Å²) in [5.41, 5.74) is 2.80. The number of carbonyl (C=O) groups is 2. The fourth-order valence-electron chi connectivity index (χ4n) is 4.11. The number of piperidine rings is 1. The molecule has 2 aromatic rings. The summed E-state index contributed by atoms with van der Waals surface area (Å²) in [5, 5.41) is 13.9. The predicted molar refractivity (Wildman–Crippen MR) is 101 cm³/mol. The van der Waals surface area contributed by atoms with E-state index >= 15 is 0 Å². The van der Waals surface area contributed by atoms with Crippen LogP contribution in [0.4, 0.5) is 4.79 Å². The van der Waals surface area contributed by atoms with Crippen LogP contribution in [0.25, 0.3) is 5.52 Å². The number of fused-ring (bicyclic) bond motifs is 1. The molecule has 0 radical (unpaired) electrons. The first-order chi connectivity index (χ1) is 12.6. The van der Waals surface area contributed by atoms with Crippen molar-refractivity contribution in [2.75, 3.05) is 13.7 Å². The van der Waals surface area contributed by atoms with Gasteiger partial charge in [0.25, 0.3) is 0 Å². The largest absolute Gasteiger partial charge is 0.465 e. The van der Waals surface area contributed by atoms with Crippen molar-refractivity contribution in [3.8, 4) is 0 Å². The summed E-state index contributed by atoms with van der Waals surface area (Å²) in [6.45, 7) is 8.54. The molecule has 1 N–H and O–H groups in total. The highest BCUT2D eigenvalue weighted by atomic mass is 16.5. The van der Waals surface area contributed by atoms with Crippen LogP contribution in [0.1, 0.15) is 61.1 Å². The van der Waals surface area contributed by atoms with Crippen LogP contribution >= 0.6 is 0 Å². The number of aromatic nitrogens is 2. The molecule has 1 fully saturated rings. The molecule has 0 bridgehead atoms. The number of esters is 1. The number of carbonyl (C=O) groups excluding carboxylic acids is 1. The minimum Gasteiger partial charge on any atom is -0.465 e. The Hall–Kier alpha value is -2.57. The average Bonchev–Trinajstić information content (AvgIpc) is 2.94. The molecule has 2 aromatic heterocycles. The molecule has 3 rings (SSSR count). The van der Waals surface area contributed by atoms with Gasteiger partial charge in [0.2, 0.25) is 0 Å². The van der Waals surface area contributed by atoms with Gasteiger partial charge < -0.3 is 14.7 Å². The third kappa shape index (κ3) is 3.50. The van der Waals surface area contributed by atoms with Crippen LogP contribution in [0, 0.1) is 12.3 Å². The summed E-state index contributed by atoms with van der Waals surface area (Å²) in [6, 6.07) is 3.95. The Morgan fingerprint density at radius 3 is 2.63 bits per heavy atom. The Morgan fingerprint density at radius 1 is 1.33 bits per heavy atom. The fourth-order valence-corrected chi connectivity index (χ4v) is 4.11. The first-order valence-corrected chi connectivity index (χ1v) is 9.20. The van der Waals surface area contributed by atoms with Crippen LogP contribution in [0.2, 0.25) is 0 Å². The lowest BCUT2D eigenvalue weighted by Gasteiger charge is -2.44. The average molecular weight is 373 g/mol. The number of amides is 1. The zero-order chi connectivity index (χ0) is 19.9. The lowest BCUT2D eigenvalue weighted by molar-refractivity contribution is 0.0525. The number of methoxy groups -OCH3 is 1. The zero-order valence-corrected chi connectivity index (χ0v) is 16.5. The van der Waals surface area contributed by atoms with Gasteiger partial charge in [0.1, 0.15) is 5.56 Å². The molecule has 0 saturated carbocycles. The van der Waals surface area contributed by atoms with E-state index in [1.807, 2.05) is 18.3 Å². The van der Waals surface area contributed by atoms with Gasteiger partial charge in [-0.05, 0) is 48.8 Å². The number of pyridine rings is 1. The first kappa shape index (κ1) is 19.2. The molecular weight excluding hydrogens is 346 g/mol. The Labute approximate surface area is 158 Å². The van der Waals surface area contributed by atoms with Gasteiger partial charge in [0, 0.05) is 18.8 Å². The maximum absolute atomic E-state index is 12.2. The number of carboxylic acid groups (broad SMARTS) is 1. The van der Waals surface area contributed by atoms with Crippen molar-refractivity contribution in [1.29, 1.82) is 0 Å². The van der Waals surface area contributed by atoms with E-state index in [2.05, 4.69) is 25.9 Å². The monoisotopic (exact) mass is 373 g/mol. The Kier molecular flexibility index (Phi) is 4.88. The molecule has 0 spiro atoms. The fraction of sp³-hybridized carbons (Fsp3) is 0.550. The van der Waals surface area contributed by atoms with Crippen molar-refractivity contribution >= 4 is 17.6 Å². The summed E-state index contributed by atoms with van der Waals surface area (Å²) in [7, 11) is 1.37. The Morgan fingerprint density at radius 2 is 2.04 bits per heavy atom. The molecule has 1 amide bonds. The molecule has 146 valence electrons. The molecule has 1 aliphatic rings. The summed E-state index contributed by atoms with van der Waals surface area (Å²) in [5.74, 6) is -0.163. The maximum atomic E-state index is 12.2. The molecule has 1 aliphatic heterocycles. The van der Waals surface area contributed by atoms with E-state index in [1.54, 1.807) is 16.3 Å². The van der Waals surface area contributed by atoms with Crippen molar-refractivity contribution in [3.63, 3.8) is 0 Å². The standard InChI is InChI=1S/C20H27N3O4/c1-12-17(18(24)27-5)15-10-13(7-9-23(15)21-12)14-6-8-22(19(25)26)16(11-14)20(2,3)4/h7,9-10,14,16H,6,8,11H2,1-5H3,(H,25,26). The summed E-state index contributed by atoms with van der Waals surface area (Å²) >= 11 is 0. The van der Waals surface area contributed by atoms with E-state index in [0.29, 0.717) is 17.8 Å². The highest BCUT2D eigenvalue weighted by molar-refractivity contribution is 5.98. The Balaban J connectivity index is 1.98. The van der Waals surface area contributed by atoms with Crippen molar-refractivity contribution in [3.05, 3.63) is 35.2 Å². The minimum absolute atomic E-state index is 0.0586. The molecule has 2 atom stereocenters. The smallest absolute Gasteiger partial charge is 0.407 e. The topological polar surface area (TPSA) is 84.1 Å². The van der Waals surface area contributed by atoms with Gasteiger partial charge in [0.15, 0.2) is 0 Å². The van der Waals surface area contributed by atoms with Crippen LogP contribution in [0.5, 0.6) is 0 Å². The SMILES string of the molecule is COC(=O)c1c(C)nn2ccc(C3CCN(C(=O)O)C(C(C)(C)C)C3)cc12. The van der Waals surface area contributed by atoms with Crippen molar-refractivity contribution in [2.45, 2.75) is 52.5 Å². The number of ether oxygens (including phenoxy) is 1. The molecule has 3 heterocycles. The lowest BCUT2D eigenvalue weighted by Crippen LogP contribution is -2.51. The lowest BCUT2D eigenvalue weighted by atomic mass is 9.75. The first-order valence-electron chi connectivity index (χ1n) is 9.20. The summed E-state index contributed by atoms with van der Waals surface area (Å²) in [4.78, 5) is 25.4. The number of hydrogen-bond acceptors (Lipinski definition) is 4.